The Morgan fingerprint density at radius 1 is 1.25 bits per heavy atom. The Kier molecular flexibility index (Phi) is 203. The van der Waals surface area contributed by atoms with E-state index in [9.17, 15) is 0 Å². The quantitative estimate of drug-likeness (QED) is 0.248. The minimum Gasteiger partial charge on any atom is -1.00 e. The van der Waals surface area contributed by atoms with Gasteiger partial charge in [0.2, 0.25) is 0 Å². The van der Waals surface area contributed by atoms with E-state index in [1.54, 1.807) is 0 Å². The topological polar surface area (TPSA) is 0 Å². The summed E-state index contributed by atoms with van der Waals surface area (Å²) in [5, 5.41) is 0. The van der Waals surface area contributed by atoms with Gasteiger partial charge in [0, 0.05) is 17.1 Å². The minimum absolute atomic E-state index is 0. The molecule has 0 bridgehead atoms. The van der Waals surface area contributed by atoms with E-state index in [-0.39, 0.29) is 60.8 Å². The maximum atomic E-state index is 0. The third-order valence-electron chi connectivity index (χ3n) is 0. The maximum absolute atomic E-state index is 0. The molecule has 1 atom stereocenters. The minimum atomic E-state index is 0. The summed E-state index contributed by atoms with van der Waals surface area (Å²) in [6.07, 6.45) is 0. The van der Waals surface area contributed by atoms with E-state index in [2.05, 4.69) is 0 Å². The molecule has 0 aliphatic carbocycles. The number of rotatable bonds is 0. The summed E-state index contributed by atoms with van der Waals surface area (Å²) < 4.78 is 0. The van der Waals surface area contributed by atoms with Crippen molar-refractivity contribution in [1.82, 2.24) is 0 Å². The molecular weight excluding hydrogens is 126 g/mol. The van der Waals surface area contributed by atoms with Crippen LogP contribution in [0.3, 0.4) is 0 Å². The van der Waals surface area contributed by atoms with Gasteiger partial charge in [0.15, 0.2) is 0 Å². The predicted molar refractivity (Wildman–Crippen MR) is 22.6 cm³/mol. The molecular formula is H6FeLiPS. The van der Waals surface area contributed by atoms with Crippen LogP contribution in [0, 0.1) is 0 Å². The van der Waals surface area contributed by atoms with Crippen LogP contribution in [0.5, 0.6) is 0 Å². The van der Waals surface area contributed by atoms with Crippen molar-refractivity contribution in [3.05, 3.63) is 0 Å². The van der Waals surface area contributed by atoms with E-state index < -0.39 is 0 Å². The van der Waals surface area contributed by atoms with E-state index in [1.165, 1.54) is 0 Å². The molecule has 26 valence electrons. The van der Waals surface area contributed by atoms with Gasteiger partial charge in [0.05, 0.1) is 0 Å². The zero-order chi connectivity index (χ0) is 0. The zero-order valence-electron chi connectivity index (χ0n) is 3.56. The molecule has 1 unspecified atom stereocenters. The first-order chi connectivity index (χ1) is 0. The second-order valence-corrected chi connectivity index (χ2v) is 0. The summed E-state index contributed by atoms with van der Waals surface area (Å²) in [4.78, 5) is 0. The first-order valence-electron chi connectivity index (χ1n) is 0. The van der Waals surface area contributed by atoms with Crippen LogP contribution in [0.2, 0.25) is 0 Å². The Morgan fingerprint density at radius 3 is 1.25 bits per heavy atom. The molecule has 0 heterocycles. The van der Waals surface area contributed by atoms with Crippen LogP contribution < -0.4 is 18.9 Å². The molecule has 0 aromatic heterocycles. The second-order valence-electron chi connectivity index (χ2n) is 0. The van der Waals surface area contributed by atoms with Crippen LogP contribution in [0.4, 0.5) is 0 Å². The molecule has 0 saturated carbocycles. The fourth-order valence-electron chi connectivity index (χ4n) is 0. The maximum Gasteiger partial charge on any atom is 1.00 e. The van der Waals surface area contributed by atoms with Crippen LogP contribution in [0.15, 0.2) is 0 Å². The Bertz CT molecular complexity index is 11.6. The summed E-state index contributed by atoms with van der Waals surface area (Å²) in [7, 11) is 0. The van der Waals surface area contributed by atoms with Crippen molar-refractivity contribution in [2.75, 3.05) is 0 Å². The molecule has 0 amide bonds. The van der Waals surface area contributed by atoms with Crippen molar-refractivity contribution in [1.29, 1.82) is 0 Å². The summed E-state index contributed by atoms with van der Waals surface area (Å²) in [6, 6.07) is 0. The van der Waals surface area contributed by atoms with Crippen LogP contribution in [0.1, 0.15) is 1.43 Å². The van der Waals surface area contributed by atoms with Crippen molar-refractivity contribution in [3.63, 3.8) is 0 Å². The van der Waals surface area contributed by atoms with Gasteiger partial charge in [-0.25, -0.2) is 0 Å². The second kappa shape index (κ2) is 20.7. The summed E-state index contributed by atoms with van der Waals surface area (Å²) in [5.74, 6) is 0. The van der Waals surface area contributed by atoms with Crippen LogP contribution in [0.25, 0.3) is 0 Å². The molecule has 0 saturated heterocycles. The Labute approximate surface area is 60.7 Å². The van der Waals surface area contributed by atoms with E-state index in [0.29, 0.717) is 0 Å². The smallest absolute Gasteiger partial charge is 1.00 e. The summed E-state index contributed by atoms with van der Waals surface area (Å²) in [6.45, 7) is 0. The first-order valence-corrected chi connectivity index (χ1v) is 0. The van der Waals surface area contributed by atoms with Gasteiger partial charge < -0.3 is 1.43 Å². The van der Waals surface area contributed by atoms with Crippen LogP contribution in [-0.4, -0.2) is 0 Å². The van der Waals surface area contributed by atoms with Crippen molar-refractivity contribution in [3.8, 4) is 0 Å². The average Bonchev–Trinajstić information content (AvgIpc) is 0. The van der Waals surface area contributed by atoms with Gasteiger partial charge in [-0.3, -0.25) is 0 Å². The Hall–Kier alpha value is 1.90. The van der Waals surface area contributed by atoms with Gasteiger partial charge in [-0.15, -0.1) is 0 Å². The molecule has 0 radical (unpaired) electrons. The molecule has 4 heteroatoms. The number of hydrogen-bond donors (Lipinski definition) is 0. The number of hydrogen-bond acceptors (Lipinski definition) is 0. The fraction of sp³-hybridized carbons (Fsp3) is 0. The van der Waals surface area contributed by atoms with Gasteiger partial charge in [0.25, 0.3) is 0 Å². The molecule has 0 spiro atoms. The average molecular weight is 132 g/mol. The monoisotopic (exact) mass is 132 g/mol. The normalized spacial score (nSPS) is 0. The van der Waals surface area contributed by atoms with E-state index in [4.69, 9.17) is 0 Å². The predicted octanol–water partition coefficient (Wildman–Crippen LogP) is -2.72. The van der Waals surface area contributed by atoms with E-state index >= 15 is 0 Å². The van der Waals surface area contributed by atoms with Crippen molar-refractivity contribution in [2.45, 2.75) is 0 Å². The molecule has 0 aromatic rings. The Balaban J connectivity index is 0. The SMILES string of the molecule is P.S.[Fe].[H-].[Li+]. The van der Waals surface area contributed by atoms with E-state index in [0.717, 1.165) is 0 Å². The van der Waals surface area contributed by atoms with Gasteiger partial charge in [0.1, 0.15) is 0 Å². The van der Waals surface area contributed by atoms with Crippen molar-refractivity contribution < 1.29 is 37.4 Å². The molecule has 0 rings (SSSR count). The zero-order valence-corrected chi connectivity index (χ0v) is 6.08. The van der Waals surface area contributed by atoms with Crippen molar-refractivity contribution in [2.24, 2.45) is 0 Å². The fourth-order valence-corrected chi connectivity index (χ4v) is 0. The van der Waals surface area contributed by atoms with E-state index in [1.807, 2.05) is 0 Å². The van der Waals surface area contributed by atoms with Gasteiger partial charge in [-0.05, 0) is 0 Å². The summed E-state index contributed by atoms with van der Waals surface area (Å²) in [5.41, 5.74) is 0. The van der Waals surface area contributed by atoms with Crippen LogP contribution >= 0.6 is 23.4 Å². The van der Waals surface area contributed by atoms with Gasteiger partial charge in [-0.1, -0.05) is 0 Å². The van der Waals surface area contributed by atoms with Crippen molar-refractivity contribution >= 4 is 23.4 Å². The molecule has 0 nitrogen and oxygen atoms in total. The Morgan fingerprint density at radius 2 is 1.25 bits per heavy atom. The molecule has 0 aliphatic rings. The molecule has 0 aliphatic heterocycles. The standard InChI is InChI=1S/Fe.Li.H3P.H2S.H/h;;1H3;1H2;/q;+1;;;-1. The first kappa shape index (κ1) is 39.3. The molecule has 0 N–H and O–H groups in total. The third-order valence-corrected chi connectivity index (χ3v) is 0. The largest absolute Gasteiger partial charge is 1.00 e. The van der Waals surface area contributed by atoms with Crippen LogP contribution in [-0.2, 0) is 17.1 Å². The molecule has 0 aromatic carbocycles. The molecule has 4 heavy (non-hydrogen) atoms. The summed E-state index contributed by atoms with van der Waals surface area (Å²) >= 11 is 0. The third kappa shape index (κ3) is 9.09. The van der Waals surface area contributed by atoms with Gasteiger partial charge >= 0.3 is 18.9 Å². The van der Waals surface area contributed by atoms with Gasteiger partial charge in [-0.2, -0.15) is 23.4 Å². The molecule has 0 fully saturated rings.